The first-order chi connectivity index (χ1) is 8.82. The molecular formula is C13H15Cl2NO3. The van der Waals surface area contributed by atoms with Crippen molar-refractivity contribution in [2.24, 2.45) is 0 Å². The van der Waals surface area contributed by atoms with Crippen molar-refractivity contribution in [3.63, 3.8) is 0 Å². The zero-order valence-electron chi connectivity index (χ0n) is 10.7. The number of nitrogens with zero attached hydrogens (tertiary/aromatic N) is 1. The highest BCUT2D eigenvalue weighted by Gasteiger charge is 2.21. The predicted octanol–water partition coefficient (Wildman–Crippen LogP) is 2.86. The highest BCUT2D eigenvalue weighted by atomic mass is 35.5. The van der Waals surface area contributed by atoms with Gasteiger partial charge in [0.05, 0.1) is 6.42 Å². The first-order valence-corrected chi connectivity index (χ1v) is 6.52. The Balaban J connectivity index is 2.90. The van der Waals surface area contributed by atoms with E-state index in [2.05, 4.69) is 0 Å². The molecule has 0 aliphatic rings. The molecule has 0 aliphatic heterocycles. The zero-order valence-corrected chi connectivity index (χ0v) is 12.2. The van der Waals surface area contributed by atoms with E-state index in [1.807, 2.05) is 0 Å². The summed E-state index contributed by atoms with van der Waals surface area (Å²) in [6.45, 7) is 3.18. The first-order valence-electron chi connectivity index (χ1n) is 5.77. The van der Waals surface area contributed by atoms with Gasteiger partial charge in [-0.15, -0.1) is 0 Å². The molecule has 0 aliphatic carbocycles. The Labute approximate surface area is 121 Å². The lowest BCUT2D eigenvalue weighted by Crippen LogP contribution is -2.41. The number of hydrogen-bond acceptors (Lipinski definition) is 2. The van der Waals surface area contributed by atoms with E-state index in [0.29, 0.717) is 15.6 Å². The Kier molecular flexibility index (Phi) is 5.63. The van der Waals surface area contributed by atoms with Crippen LogP contribution in [0.15, 0.2) is 18.2 Å². The lowest BCUT2D eigenvalue weighted by molar-refractivity contribution is -0.145. The van der Waals surface area contributed by atoms with Gasteiger partial charge in [0, 0.05) is 16.1 Å². The van der Waals surface area contributed by atoms with Gasteiger partial charge in [-0.25, -0.2) is 0 Å². The maximum Gasteiger partial charge on any atom is 0.323 e. The molecular weight excluding hydrogens is 289 g/mol. The van der Waals surface area contributed by atoms with Gasteiger partial charge in [0.25, 0.3) is 0 Å². The average molecular weight is 304 g/mol. The number of amides is 1. The molecule has 0 bridgehead atoms. The molecule has 1 aromatic carbocycles. The van der Waals surface area contributed by atoms with E-state index in [-0.39, 0.29) is 24.9 Å². The third-order valence-corrected chi connectivity index (χ3v) is 3.35. The van der Waals surface area contributed by atoms with Crippen LogP contribution in [0.3, 0.4) is 0 Å². The van der Waals surface area contributed by atoms with Crippen LogP contribution in [0.4, 0.5) is 0 Å². The van der Waals surface area contributed by atoms with Crippen LogP contribution >= 0.6 is 23.2 Å². The van der Waals surface area contributed by atoms with Crippen LogP contribution in [-0.2, 0) is 16.0 Å². The molecule has 0 unspecified atom stereocenters. The minimum atomic E-state index is -1.05. The van der Waals surface area contributed by atoms with Crippen molar-refractivity contribution >= 4 is 35.1 Å². The zero-order chi connectivity index (χ0) is 14.6. The number of aliphatic carboxylic acids is 1. The quantitative estimate of drug-likeness (QED) is 0.910. The van der Waals surface area contributed by atoms with E-state index >= 15 is 0 Å². The lowest BCUT2D eigenvalue weighted by atomic mass is 10.1. The summed E-state index contributed by atoms with van der Waals surface area (Å²) in [7, 11) is 0. The maximum atomic E-state index is 12.1. The molecule has 0 radical (unpaired) electrons. The molecule has 1 aromatic rings. The van der Waals surface area contributed by atoms with Crippen molar-refractivity contribution in [2.45, 2.75) is 26.3 Å². The molecule has 0 fully saturated rings. The standard InChI is InChI=1S/C13H15Cl2NO3/c1-8(2)16(7-13(18)19)12(17)6-9-10(14)4-3-5-11(9)15/h3-5,8H,6-7H2,1-2H3,(H,18,19). The van der Waals surface area contributed by atoms with Crippen molar-refractivity contribution in [3.8, 4) is 0 Å². The van der Waals surface area contributed by atoms with Crippen molar-refractivity contribution < 1.29 is 14.7 Å². The largest absolute Gasteiger partial charge is 0.480 e. The highest BCUT2D eigenvalue weighted by molar-refractivity contribution is 6.36. The average Bonchev–Trinajstić information content (AvgIpc) is 2.30. The van der Waals surface area contributed by atoms with Gasteiger partial charge in [0.1, 0.15) is 6.54 Å². The minimum Gasteiger partial charge on any atom is -0.480 e. The normalized spacial score (nSPS) is 10.6. The minimum absolute atomic E-state index is 0.00995. The van der Waals surface area contributed by atoms with Gasteiger partial charge in [0.15, 0.2) is 0 Å². The smallest absolute Gasteiger partial charge is 0.323 e. The van der Waals surface area contributed by atoms with Crippen LogP contribution in [-0.4, -0.2) is 34.5 Å². The number of rotatable bonds is 5. The summed E-state index contributed by atoms with van der Waals surface area (Å²) in [5.41, 5.74) is 0.520. The fourth-order valence-corrected chi connectivity index (χ4v) is 2.19. The maximum absolute atomic E-state index is 12.1. The molecule has 1 rings (SSSR count). The second-order valence-corrected chi connectivity index (χ2v) is 5.20. The summed E-state index contributed by atoms with van der Waals surface area (Å²) in [4.78, 5) is 24.2. The first kappa shape index (κ1) is 15.8. The number of carbonyl (C=O) groups excluding carboxylic acids is 1. The van der Waals surface area contributed by atoms with E-state index < -0.39 is 5.97 Å². The summed E-state index contributed by atoms with van der Waals surface area (Å²) in [5, 5.41) is 9.62. The monoisotopic (exact) mass is 303 g/mol. The number of carboxylic acids is 1. The summed E-state index contributed by atoms with van der Waals surface area (Å²) in [6.07, 6.45) is -0.00995. The fourth-order valence-electron chi connectivity index (χ4n) is 1.66. The van der Waals surface area contributed by atoms with Crippen molar-refractivity contribution in [1.82, 2.24) is 4.90 Å². The van der Waals surface area contributed by atoms with E-state index in [9.17, 15) is 9.59 Å². The molecule has 1 N–H and O–H groups in total. The second kappa shape index (κ2) is 6.78. The van der Waals surface area contributed by atoms with Gasteiger partial charge in [-0.05, 0) is 31.5 Å². The van der Waals surface area contributed by atoms with E-state index in [0.717, 1.165) is 0 Å². The van der Waals surface area contributed by atoms with E-state index in [4.69, 9.17) is 28.3 Å². The molecule has 0 spiro atoms. The molecule has 0 aromatic heterocycles. The molecule has 0 heterocycles. The Morgan fingerprint density at radius 3 is 2.21 bits per heavy atom. The number of benzene rings is 1. The van der Waals surface area contributed by atoms with Crippen LogP contribution in [0.1, 0.15) is 19.4 Å². The lowest BCUT2D eigenvalue weighted by Gasteiger charge is -2.25. The van der Waals surface area contributed by atoms with E-state index in [1.165, 1.54) is 4.90 Å². The molecule has 6 heteroatoms. The van der Waals surface area contributed by atoms with Gasteiger partial charge in [-0.2, -0.15) is 0 Å². The van der Waals surface area contributed by atoms with Gasteiger partial charge in [-0.1, -0.05) is 29.3 Å². The third-order valence-electron chi connectivity index (χ3n) is 2.64. The Morgan fingerprint density at radius 2 is 1.79 bits per heavy atom. The van der Waals surface area contributed by atoms with Crippen molar-refractivity contribution in [2.75, 3.05) is 6.54 Å². The third kappa shape index (κ3) is 4.40. The summed E-state index contributed by atoms with van der Waals surface area (Å²) < 4.78 is 0. The SMILES string of the molecule is CC(C)N(CC(=O)O)C(=O)Cc1c(Cl)cccc1Cl. The fraction of sp³-hybridized carbons (Fsp3) is 0.385. The number of carboxylic acid groups (broad SMARTS) is 1. The summed E-state index contributed by atoms with van der Waals surface area (Å²) >= 11 is 12.0. The van der Waals surface area contributed by atoms with Crippen LogP contribution < -0.4 is 0 Å². The molecule has 104 valence electrons. The predicted molar refractivity (Wildman–Crippen MR) is 74.7 cm³/mol. The molecule has 19 heavy (non-hydrogen) atoms. The molecule has 0 saturated carbocycles. The van der Waals surface area contributed by atoms with Crippen LogP contribution in [0, 0.1) is 0 Å². The number of halogens is 2. The van der Waals surface area contributed by atoms with Crippen molar-refractivity contribution in [1.29, 1.82) is 0 Å². The highest BCUT2D eigenvalue weighted by Crippen LogP contribution is 2.25. The van der Waals surface area contributed by atoms with E-state index in [1.54, 1.807) is 32.0 Å². The van der Waals surface area contributed by atoms with Gasteiger partial charge >= 0.3 is 5.97 Å². The number of carbonyl (C=O) groups is 2. The number of hydrogen-bond donors (Lipinski definition) is 1. The van der Waals surface area contributed by atoms with Crippen molar-refractivity contribution in [3.05, 3.63) is 33.8 Å². The topological polar surface area (TPSA) is 57.6 Å². The van der Waals surface area contributed by atoms with Crippen LogP contribution in [0.5, 0.6) is 0 Å². The Hall–Kier alpha value is -1.26. The molecule has 0 saturated heterocycles. The van der Waals surface area contributed by atoms with Gasteiger partial charge in [-0.3, -0.25) is 9.59 Å². The summed E-state index contributed by atoms with van der Waals surface area (Å²) in [5.74, 6) is -1.36. The van der Waals surface area contributed by atoms with Gasteiger partial charge < -0.3 is 10.0 Å². The second-order valence-electron chi connectivity index (χ2n) is 4.39. The Morgan fingerprint density at radius 1 is 1.26 bits per heavy atom. The van der Waals surface area contributed by atoms with Crippen LogP contribution in [0.25, 0.3) is 0 Å². The Bertz CT molecular complexity index is 469. The summed E-state index contributed by atoms with van der Waals surface area (Å²) in [6, 6.07) is 4.78. The molecule has 4 nitrogen and oxygen atoms in total. The molecule has 1 amide bonds. The van der Waals surface area contributed by atoms with Gasteiger partial charge in [0.2, 0.25) is 5.91 Å². The van der Waals surface area contributed by atoms with Crippen LogP contribution in [0.2, 0.25) is 10.0 Å². The molecule has 0 atom stereocenters.